The maximum Gasteiger partial charge on any atom is 0.238 e. The summed E-state index contributed by atoms with van der Waals surface area (Å²) in [7, 11) is 0. The van der Waals surface area contributed by atoms with Gasteiger partial charge in [0.25, 0.3) is 0 Å². The molecule has 0 aliphatic heterocycles. The van der Waals surface area contributed by atoms with E-state index in [2.05, 4.69) is 10.5 Å². The topological polar surface area (TPSA) is 87.7 Å². The molecule has 1 aromatic carbocycles. The molecule has 0 heterocycles. The second-order valence-electron chi connectivity index (χ2n) is 4.83. The van der Waals surface area contributed by atoms with Crippen molar-refractivity contribution in [3.63, 3.8) is 0 Å². The summed E-state index contributed by atoms with van der Waals surface area (Å²) in [5, 5.41) is 14.2. The molecule has 108 valence electrons. The molecule has 1 fully saturated rings. The summed E-state index contributed by atoms with van der Waals surface area (Å²) in [6.07, 6.45) is 2.52. The molecule has 0 unspecified atom stereocenters. The molecule has 0 radical (unpaired) electrons. The fourth-order valence-electron chi connectivity index (χ4n) is 2.52. The van der Waals surface area contributed by atoms with Gasteiger partial charge < -0.3 is 16.3 Å². The van der Waals surface area contributed by atoms with Crippen LogP contribution in [0.25, 0.3) is 0 Å². The molecule has 0 atom stereocenters. The van der Waals surface area contributed by atoms with Gasteiger partial charge in [0.1, 0.15) is 5.41 Å². The zero-order valence-corrected chi connectivity index (χ0v) is 11.5. The van der Waals surface area contributed by atoms with Gasteiger partial charge in [0.2, 0.25) is 5.91 Å². The predicted octanol–water partition coefficient (Wildman–Crippen LogP) is 2.72. The lowest BCUT2D eigenvalue weighted by Gasteiger charge is -2.26. The summed E-state index contributed by atoms with van der Waals surface area (Å²) >= 11 is 5.67. The number of hydrogen-bond donors (Lipinski definition) is 3. The average Bonchev–Trinajstić information content (AvgIpc) is 2.93. The summed E-state index contributed by atoms with van der Waals surface area (Å²) < 4.78 is 13.8. The van der Waals surface area contributed by atoms with Gasteiger partial charge in [0.15, 0.2) is 11.7 Å². The average molecular weight is 300 g/mol. The van der Waals surface area contributed by atoms with Crippen LogP contribution in [0.3, 0.4) is 0 Å². The van der Waals surface area contributed by atoms with Gasteiger partial charge >= 0.3 is 0 Å². The number of carbonyl (C=O) groups excluding carboxylic acids is 1. The first kappa shape index (κ1) is 14.6. The van der Waals surface area contributed by atoms with Gasteiger partial charge in [0.05, 0.1) is 10.7 Å². The number of nitrogens with two attached hydrogens (primary N) is 1. The molecule has 20 heavy (non-hydrogen) atoms. The Balaban J connectivity index is 2.28. The van der Waals surface area contributed by atoms with Gasteiger partial charge in [-0.1, -0.05) is 35.7 Å². The quantitative estimate of drug-likeness (QED) is 0.347. The van der Waals surface area contributed by atoms with Gasteiger partial charge in [-0.3, -0.25) is 4.79 Å². The van der Waals surface area contributed by atoms with Crippen molar-refractivity contribution in [2.24, 2.45) is 16.3 Å². The van der Waals surface area contributed by atoms with Crippen LogP contribution < -0.4 is 11.1 Å². The minimum Gasteiger partial charge on any atom is -0.409 e. The molecule has 0 saturated heterocycles. The number of amidine groups is 1. The molecular formula is C13H15ClFN3O2. The Morgan fingerprint density at radius 3 is 2.70 bits per heavy atom. The molecule has 0 aromatic heterocycles. The number of halogens is 2. The Hall–Kier alpha value is -1.82. The highest BCUT2D eigenvalue weighted by Gasteiger charge is 2.45. The molecule has 1 aliphatic carbocycles. The molecule has 7 heteroatoms. The maximum absolute atomic E-state index is 13.8. The molecule has 0 spiro atoms. The van der Waals surface area contributed by atoms with Crippen LogP contribution in [-0.2, 0) is 4.79 Å². The van der Waals surface area contributed by atoms with Gasteiger partial charge in [-0.05, 0) is 25.0 Å². The molecule has 1 aliphatic rings. The van der Waals surface area contributed by atoms with Crippen molar-refractivity contribution in [3.8, 4) is 0 Å². The van der Waals surface area contributed by atoms with Gasteiger partial charge in [-0.15, -0.1) is 0 Å². The van der Waals surface area contributed by atoms with Crippen LogP contribution >= 0.6 is 11.6 Å². The third kappa shape index (κ3) is 2.43. The Morgan fingerprint density at radius 1 is 1.45 bits per heavy atom. The number of hydrogen-bond acceptors (Lipinski definition) is 3. The highest BCUT2D eigenvalue weighted by atomic mass is 35.5. The van der Waals surface area contributed by atoms with Gasteiger partial charge in [-0.25, -0.2) is 4.39 Å². The number of oxime groups is 1. The number of rotatable bonds is 3. The van der Waals surface area contributed by atoms with E-state index >= 15 is 0 Å². The van der Waals surface area contributed by atoms with E-state index in [9.17, 15) is 9.18 Å². The van der Waals surface area contributed by atoms with Crippen molar-refractivity contribution in [3.05, 3.63) is 29.0 Å². The summed E-state index contributed by atoms with van der Waals surface area (Å²) in [6, 6.07) is 4.33. The fraction of sp³-hybridized carbons (Fsp3) is 0.385. The number of nitrogens with zero attached hydrogens (tertiary/aromatic N) is 1. The Kier molecular flexibility index (Phi) is 4.13. The molecule has 2 rings (SSSR count). The monoisotopic (exact) mass is 299 g/mol. The number of nitrogens with one attached hydrogen (secondary N) is 1. The van der Waals surface area contributed by atoms with E-state index in [-0.39, 0.29) is 16.5 Å². The van der Waals surface area contributed by atoms with Crippen molar-refractivity contribution in [1.82, 2.24) is 0 Å². The van der Waals surface area contributed by atoms with Crippen molar-refractivity contribution < 1.29 is 14.4 Å². The van der Waals surface area contributed by atoms with Gasteiger partial charge in [-0.2, -0.15) is 0 Å². The van der Waals surface area contributed by atoms with Crippen LogP contribution in [-0.4, -0.2) is 17.0 Å². The minimum absolute atomic E-state index is 0.0143. The Labute approximate surface area is 120 Å². The lowest BCUT2D eigenvalue weighted by atomic mass is 9.83. The molecule has 5 nitrogen and oxygen atoms in total. The summed E-state index contributed by atoms with van der Waals surface area (Å²) in [6.45, 7) is 0. The third-order valence-electron chi connectivity index (χ3n) is 3.69. The number of benzene rings is 1. The first-order chi connectivity index (χ1) is 9.51. The largest absolute Gasteiger partial charge is 0.409 e. The normalized spacial score (nSPS) is 18.0. The van der Waals surface area contributed by atoms with Crippen LogP contribution in [0.4, 0.5) is 10.1 Å². The summed E-state index contributed by atoms with van der Waals surface area (Å²) in [5.41, 5.74) is 4.56. The number of amides is 1. The van der Waals surface area contributed by atoms with Crippen LogP contribution in [0.5, 0.6) is 0 Å². The molecule has 4 N–H and O–H groups in total. The standard InChI is InChI=1S/C13H15ClFN3O2/c14-8-4-3-5-9(10(8)15)17-12(19)13(11(16)18-20)6-1-2-7-13/h3-5,20H,1-2,6-7H2,(H2,16,18)(H,17,19). The van der Waals surface area contributed by atoms with Crippen LogP contribution in [0.2, 0.25) is 5.02 Å². The third-order valence-corrected chi connectivity index (χ3v) is 3.98. The second kappa shape index (κ2) is 5.66. The lowest BCUT2D eigenvalue weighted by Crippen LogP contribution is -2.45. The highest BCUT2D eigenvalue weighted by Crippen LogP contribution is 2.39. The molecule has 1 amide bonds. The van der Waals surface area contributed by atoms with Crippen LogP contribution in [0, 0.1) is 11.2 Å². The fourth-order valence-corrected chi connectivity index (χ4v) is 2.69. The summed E-state index contributed by atoms with van der Waals surface area (Å²) in [4.78, 5) is 12.4. The molecule has 0 bridgehead atoms. The molecular weight excluding hydrogens is 285 g/mol. The van der Waals surface area contributed by atoms with Crippen molar-refractivity contribution in [1.29, 1.82) is 0 Å². The lowest BCUT2D eigenvalue weighted by molar-refractivity contribution is -0.122. The van der Waals surface area contributed by atoms with E-state index in [0.29, 0.717) is 12.8 Å². The Morgan fingerprint density at radius 2 is 2.10 bits per heavy atom. The van der Waals surface area contributed by atoms with E-state index in [1.807, 2.05) is 0 Å². The predicted molar refractivity (Wildman–Crippen MR) is 74.3 cm³/mol. The second-order valence-corrected chi connectivity index (χ2v) is 5.24. The van der Waals surface area contributed by atoms with Gasteiger partial charge in [0, 0.05) is 0 Å². The van der Waals surface area contributed by atoms with Crippen LogP contribution in [0.15, 0.2) is 23.4 Å². The van der Waals surface area contributed by atoms with Crippen molar-refractivity contribution in [2.75, 3.05) is 5.32 Å². The van der Waals surface area contributed by atoms with E-state index < -0.39 is 17.1 Å². The minimum atomic E-state index is -1.08. The smallest absolute Gasteiger partial charge is 0.238 e. The SMILES string of the molecule is NC(=NO)C1(C(=O)Nc2cccc(Cl)c2F)CCCC1. The van der Waals surface area contributed by atoms with E-state index in [0.717, 1.165) is 12.8 Å². The number of carbonyl (C=O) groups is 1. The Bertz CT molecular complexity index is 557. The first-order valence-corrected chi connectivity index (χ1v) is 6.62. The van der Waals surface area contributed by atoms with Crippen molar-refractivity contribution in [2.45, 2.75) is 25.7 Å². The first-order valence-electron chi connectivity index (χ1n) is 6.25. The zero-order chi connectivity index (χ0) is 14.8. The zero-order valence-electron chi connectivity index (χ0n) is 10.7. The van der Waals surface area contributed by atoms with E-state index in [1.54, 1.807) is 0 Å². The highest BCUT2D eigenvalue weighted by molar-refractivity contribution is 6.31. The van der Waals surface area contributed by atoms with E-state index in [4.69, 9.17) is 22.5 Å². The summed E-state index contributed by atoms with van der Waals surface area (Å²) in [5.74, 6) is -1.32. The molecule has 1 saturated carbocycles. The maximum atomic E-state index is 13.8. The molecule has 1 aromatic rings. The number of anilines is 1. The van der Waals surface area contributed by atoms with E-state index in [1.165, 1.54) is 18.2 Å². The van der Waals surface area contributed by atoms with Crippen molar-refractivity contribution >= 4 is 29.0 Å². The van der Waals surface area contributed by atoms with Crippen LogP contribution in [0.1, 0.15) is 25.7 Å².